The Kier molecular flexibility index (Phi) is 8.81. The zero-order chi connectivity index (χ0) is 30.6. The number of amidine groups is 1. The summed E-state index contributed by atoms with van der Waals surface area (Å²) in [6, 6.07) is 18.1. The Labute approximate surface area is 249 Å². The predicted molar refractivity (Wildman–Crippen MR) is 159 cm³/mol. The lowest BCUT2D eigenvalue weighted by Crippen LogP contribution is -2.32. The number of rotatable bonds is 8. The van der Waals surface area contributed by atoms with Crippen molar-refractivity contribution >= 4 is 34.6 Å². The highest BCUT2D eigenvalue weighted by Gasteiger charge is 2.32. The minimum Gasteiger partial charge on any atom is -0.406 e. The monoisotopic (exact) mass is 608 g/mol. The molecule has 0 bridgehead atoms. The molecular weight excluding hydrogens is 581 g/mol. The van der Waals surface area contributed by atoms with Crippen molar-refractivity contribution in [3.63, 3.8) is 0 Å². The van der Waals surface area contributed by atoms with Crippen molar-refractivity contribution in [2.45, 2.75) is 33.1 Å². The number of aromatic nitrogens is 3. The van der Waals surface area contributed by atoms with Gasteiger partial charge in [0.1, 0.15) is 12.1 Å². The third-order valence-corrected chi connectivity index (χ3v) is 7.60. The molecule has 2 heterocycles. The van der Waals surface area contributed by atoms with Gasteiger partial charge in [-0.2, -0.15) is 4.99 Å². The summed E-state index contributed by atoms with van der Waals surface area (Å²) in [6.45, 7) is 4.30. The summed E-state index contributed by atoms with van der Waals surface area (Å²) < 4.78 is 42.6. The van der Waals surface area contributed by atoms with Gasteiger partial charge >= 0.3 is 12.4 Å². The van der Waals surface area contributed by atoms with Gasteiger partial charge in [0.25, 0.3) is 0 Å². The van der Waals surface area contributed by atoms with Gasteiger partial charge in [-0.1, -0.05) is 49.0 Å². The topological polar surface area (TPSA) is 102 Å². The lowest BCUT2D eigenvalue weighted by molar-refractivity contribution is -0.274. The SMILES string of the molecule is CCc1ccccc1N1C(=O)CSC1=NC(=O)NCCc1ccc(-c2ncn(-c3ccc(OC(F)(F)F)cc3)n2)cc1C. The molecule has 5 rings (SSSR count). The quantitative estimate of drug-likeness (QED) is 0.260. The molecule has 222 valence electrons. The first-order chi connectivity index (χ1) is 20.6. The van der Waals surface area contributed by atoms with Gasteiger partial charge in [0, 0.05) is 12.1 Å². The predicted octanol–water partition coefficient (Wildman–Crippen LogP) is 6.09. The molecule has 3 amide bonds. The molecule has 1 saturated heterocycles. The molecule has 0 radical (unpaired) electrons. The number of aliphatic imine (C=N–C) groups is 1. The number of halogens is 3. The van der Waals surface area contributed by atoms with Crippen molar-refractivity contribution in [2.75, 3.05) is 17.2 Å². The Bertz CT molecular complexity index is 1670. The van der Waals surface area contributed by atoms with E-state index in [9.17, 15) is 22.8 Å². The van der Waals surface area contributed by atoms with Crippen molar-refractivity contribution in [1.29, 1.82) is 0 Å². The van der Waals surface area contributed by atoms with Gasteiger partial charge in [-0.15, -0.1) is 18.3 Å². The Morgan fingerprint density at radius 1 is 1.09 bits per heavy atom. The summed E-state index contributed by atoms with van der Waals surface area (Å²) in [7, 11) is 0. The number of urea groups is 1. The van der Waals surface area contributed by atoms with E-state index in [0.29, 0.717) is 29.6 Å². The number of nitrogens with zero attached hydrogens (tertiary/aromatic N) is 5. The number of anilines is 1. The van der Waals surface area contributed by atoms with E-state index < -0.39 is 12.4 Å². The summed E-state index contributed by atoms with van der Waals surface area (Å²) in [5.41, 5.74) is 5.03. The van der Waals surface area contributed by atoms with Crippen LogP contribution in [0, 0.1) is 6.92 Å². The van der Waals surface area contributed by atoms with Crippen LogP contribution in [0.1, 0.15) is 23.6 Å². The zero-order valence-corrected chi connectivity index (χ0v) is 24.1. The molecule has 1 aliphatic rings. The van der Waals surface area contributed by atoms with Crippen LogP contribution in [-0.4, -0.2) is 50.5 Å². The Morgan fingerprint density at radius 2 is 1.86 bits per heavy atom. The van der Waals surface area contributed by atoms with Crippen molar-refractivity contribution in [2.24, 2.45) is 4.99 Å². The number of amides is 3. The summed E-state index contributed by atoms with van der Waals surface area (Å²) in [6.07, 6.45) is -1.97. The van der Waals surface area contributed by atoms with E-state index in [1.54, 1.807) is 0 Å². The zero-order valence-electron chi connectivity index (χ0n) is 23.3. The normalized spacial score (nSPS) is 14.4. The standard InChI is InChI=1S/C30H27F3N6O3S/c1-3-20-6-4-5-7-25(20)39-26(40)17-43-29(39)36-28(41)34-15-14-21-8-9-22(16-19(21)2)27-35-18-38(37-27)23-10-12-24(13-11-23)42-30(31,32)33/h4-13,16,18H,3,14-15,17H2,1-2H3,(H,34,41). The van der Waals surface area contributed by atoms with Crippen molar-refractivity contribution in [3.05, 3.63) is 89.7 Å². The third kappa shape index (κ3) is 7.23. The number of aryl methyl sites for hydroxylation is 2. The molecule has 1 fully saturated rings. The summed E-state index contributed by atoms with van der Waals surface area (Å²) in [5.74, 6) is 0.248. The summed E-state index contributed by atoms with van der Waals surface area (Å²) >= 11 is 1.24. The van der Waals surface area contributed by atoms with Gasteiger partial charge in [-0.25, -0.2) is 14.5 Å². The number of nitrogens with one attached hydrogen (secondary N) is 1. The lowest BCUT2D eigenvalue weighted by Gasteiger charge is -2.19. The first-order valence-electron chi connectivity index (χ1n) is 13.4. The van der Waals surface area contributed by atoms with Gasteiger partial charge in [-0.05, 0) is 72.9 Å². The van der Waals surface area contributed by atoms with Crippen LogP contribution in [0.25, 0.3) is 17.1 Å². The number of alkyl halides is 3. The van der Waals surface area contributed by atoms with Gasteiger partial charge in [0.15, 0.2) is 11.0 Å². The molecule has 1 aliphatic heterocycles. The lowest BCUT2D eigenvalue weighted by atomic mass is 10.0. The molecule has 0 aliphatic carbocycles. The number of carbonyl (C=O) groups is 2. The minimum atomic E-state index is -4.76. The van der Waals surface area contributed by atoms with E-state index in [1.165, 1.54) is 51.9 Å². The van der Waals surface area contributed by atoms with Crippen LogP contribution in [0.2, 0.25) is 0 Å². The molecular formula is C30H27F3N6O3S. The number of carbonyl (C=O) groups excluding carboxylic acids is 2. The van der Waals surface area contributed by atoms with Gasteiger partial charge < -0.3 is 10.1 Å². The highest BCUT2D eigenvalue weighted by Crippen LogP contribution is 2.30. The largest absolute Gasteiger partial charge is 0.573 e. The third-order valence-electron chi connectivity index (χ3n) is 6.67. The van der Waals surface area contributed by atoms with Crippen LogP contribution >= 0.6 is 11.8 Å². The van der Waals surface area contributed by atoms with Gasteiger partial charge in [0.2, 0.25) is 5.91 Å². The maximum atomic E-state index is 12.6. The molecule has 9 nitrogen and oxygen atoms in total. The van der Waals surface area contributed by atoms with Gasteiger partial charge in [-0.3, -0.25) is 9.69 Å². The Hall–Kier alpha value is -4.65. The fourth-order valence-electron chi connectivity index (χ4n) is 4.58. The van der Waals surface area contributed by atoms with Gasteiger partial charge in [0.05, 0.1) is 17.1 Å². The van der Waals surface area contributed by atoms with Crippen molar-refractivity contribution in [3.8, 4) is 22.8 Å². The molecule has 4 aromatic rings. The number of para-hydroxylation sites is 1. The molecule has 0 saturated carbocycles. The molecule has 1 aromatic heterocycles. The number of hydrogen-bond acceptors (Lipinski definition) is 6. The summed E-state index contributed by atoms with van der Waals surface area (Å²) in [5, 5.41) is 7.62. The molecule has 13 heteroatoms. The highest BCUT2D eigenvalue weighted by molar-refractivity contribution is 8.15. The van der Waals surface area contributed by atoms with Crippen LogP contribution in [-0.2, 0) is 17.6 Å². The average Bonchev–Trinajstić information content (AvgIpc) is 3.60. The second-order valence-corrected chi connectivity index (χ2v) is 10.5. The number of hydrogen-bond donors (Lipinski definition) is 1. The first kappa shape index (κ1) is 29.8. The van der Waals surface area contributed by atoms with E-state index in [0.717, 1.165) is 34.4 Å². The highest BCUT2D eigenvalue weighted by atomic mass is 32.2. The second kappa shape index (κ2) is 12.7. The second-order valence-electron chi connectivity index (χ2n) is 9.57. The minimum absolute atomic E-state index is 0.110. The molecule has 0 atom stereocenters. The van der Waals surface area contributed by atoms with E-state index in [-0.39, 0.29) is 17.4 Å². The van der Waals surface area contributed by atoms with E-state index in [1.807, 2.05) is 56.3 Å². The fraction of sp³-hybridized carbons (Fsp3) is 0.233. The van der Waals surface area contributed by atoms with Crippen LogP contribution in [0.15, 0.2) is 78.0 Å². The Balaban J connectivity index is 1.19. The fourth-order valence-corrected chi connectivity index (χ4v) is 5.43. The summed E-state index contributed by atoms with van der Waals surface area (Å²) in [4.78, 5) is 35.2. The van der Waals surface area contributed by atoms with Crippen molar-refractivity contribution < 1.29 is 27.5 Å². The Morgan fingerprint density at radius 3 is 2.58 bits per heavy atom. The van der Waals surface area contributed by atoms with E-state index >= 15 is 0 Å². The number of ether oxygens (including phenoxy) is 1. The first-order valence-corrected chi connectivity index (χ1v) is 14.4. The van der Waals surface area contributed by atoms with Crippen LogP contribution in [0.3, 0.4) is 0 Å². The maximum absolute atomic E-state index is 12.6. The molecule has 0 unspecified atom stereocenters. The van der Waals surface area contributed by atoms with Crippen molar-refractivity contribution in [1.82, 2.24) is 20.1 Å². The molecule has 43 heavy (non-hydrogen) atoms. The van der Waals surface area contributed by atoms with Crippen LogP contribution in [0.4, 0.5) is 23.7 Å². The smallest absolute Gasteiger partial charge is 0.406 e. The number of thioether (sulfide) groups is 1. The number of benzene rings is 3. The average molecular weight is 609 g/mol. The molecule has 0 spiro atoms. The molecule has 3 aromatic carbocycles. The van der Waals surface area contributed by atoms with E-state index in [4.69, 9.17) is 0 Å². The molecule has 1 N–H and O–H groups in total. The van der Waals surface area contributed by atoms with Crippen LogP contribution < -0.4 is 15.0 Å². The van der Waals surface area contributed by atoms with E-state index in [2.05, 4.69) is 25.1 Å². The maximum Gasteiger partial charge on any atom is 0.573 e. The van der Waals surface area contributed by atoms with Crippen LogP contribution in [0.5, 0.6) is 5.75 Å².